The van der Waals surface area contributed by atoms with E-state index in [0.717, 1.165) is 0 Å². The van der Waals surface area contributed by atoms with Gasteiger partial charge < -0.3 is 10.3 Å². The van der Waals surface area contributed by atoms with Crippen molar-refractivity contribution in [1.29, 1.82) is 0 Å². The van der Waals surface area contributed by atoms with Crippen molar-refractivity contribution in [2.75, 3.05) is 0 Å². The molecule has 1 unspecified atom stereocenters. The van der Waals surface area contributed by atoms with Crippen LogP contribution in [-0.2, 0) is 5.41 Å². The van der Waals surface area contributed by atoms with Crippen LogP contribution in [0.5, 0.6) is 0 Å². The van der Waals surface area contributed by atoms with Crippen molar-refractivity contribution in [2.24, 2.45) is 5.73 Å². The van der Waals surface area contributed by atoms with Crippen LogP contribution in [0.25, 0.3) is 0 Å². The van der Waals surface area contributed by atoms with E-state index in [1.807, 2.05) is 20.8 Å². The Balaban J connectivity index is 2.82. The van der Waals surface area contributed by atoms with Crippen LogP contribution in [0.4, 0.5) is 0 Å². The molecule has 0 aliphatic heterocycles. The first kappa shape index (κ1) is 10.9. The minimum atomic E-state index is -0.240. The van der Waals surface area contributed by atoms with Gasteiger partial charge in [-0.05, 0) is 6.42 Å². The SMILES string of the molecule is C=CCC(N)c1nc(C(C)(C)C)no1. The molecule has 14 heavy (non-hydrogen) atoms. The summed E-state index contributed by atoms with van der Waals surface area (Å²) in [5, 5.41) is 3.89. The molecule has 0 aromatic carbocycles. The highest BCUT2D eigenvalue weighted by Crippen LogP contribution is 2.20. The van der Waals surface area contributed by atoms with Crippen LogP contribution in [0, 0.1) is 0 Å². The Morgan fingerprint density at radius 1 is 1.57 bits per heavy atom. The Hall–Kier alpha value is -1.16. The van der Waals surface area contributed by atoms with E-state index in [9.17, 15) is 0 Å². The fourth-order valence-electron chi connectivity index (χ4n) is 0.971. The number of nitrogens with zero attached hydrogens (tertiary/aromatic N) is 2. The zero-order valence-corrected chi connectivity index (χ0v) is 8.95. The molecule has 1 atom stereocenters. The smallest absolute Gasteiger partial charge is 0.243 e. The van der Waals surface area contributed by atoms with Gasteiger partial charge in [0.25, 0.3) is 0 Å². The van der Waals surface area contributed by atoms with Gasteiger partial charge in [0.2, 0.25) is 5.89 Å². The van der Waals surface area contributed by atoms with E-state index in [4.69, 9.17) is 10.3 Å². The molecule has 1 heterocycles. The topological polar surface area (TPSA) is 64.9 Å². The molecule has 0 saturated carbocycles. The highest BCUT2D eigenvalue weighted by atomic mass is 16.5. The molecule has 0 fully saturated rings. The first-order chi connectivity index (χ1) is 6.45. The van der Waals surface area contributed by atoms with Gasteiger partial charge in [-0.15, -0.1) is 6.58 Å². The van der Waals surface area contributed by atoms with E-state index in [0.29, 0.717) is 18.1 Å². The molecule has 0 saturated heterocycles. The van der Waals surface area contributed by atoms with E-state index in [-0.39, 0.29) is 11.5 Å². The lowest BCUT2D eigenvalue weighted by atomic mass is 9.96. The van der Waals surface area contributed by atoms with Crippen molar-refractivity contribution in [1.82, 2.24) is 10.1 Å². The maximum atomic E-state index is 5.79. The molecule has 1 rings (SSSR count). The summed E-state index contributed by atoms with van der Waals surface area (Å²) in [7, 11) is 0. The van der Waals surface area contributed by atoms with Crippen molar-refractivity contribution in [2.45, 2.75) is 38.6 Å². The van der Waals surface area contributed by atoms with Crippen LogP contribution in [0.2, 0.25) is 0 Å². The summed E-state index contributed by atoms with van der Waals surface area (Å²) in [5.41, 5.74) is 5.69. The van der Waals surface area contributed by atoms with Crippen molar-refractivity contribution in [3.63, 3.8) is 0 Å². The molecule has 4 nitrogen and oxygen atoms in total. The summed E-state index contributed by atoms with van der Waals surface area (Å²) < 4.78 is 5.07. The van der Waals surface area contributed by atoms with Gasteiger partial charge in [-0.2, -0.15) is 4.98 Å². The number of nitrogens with two attached hydrogens (primary N) is 1. The maximum Gasteiger partial charge on any atom is 0.243 e. The van der Waals surface area contributed by atoms with E-state index in [2.05, 4.69) is 16.7 Å². The Labute approximate surface area is 84.2 Å². The normalized spacial score (nSPS) is 14.0. The van der Waals surface area contributed by atoms with Gasteiger partial charge in [0.1, 0.15) is 0 Å². The first-order valence-corrected chi connectivity index (χ1v) is 4.65. The molecule has 0 bridgehead atoms. The summed E-state index contributed by atoms with van der Waals surface area (Å²) in [4.78, 5) is 4.25. The van der Waals surface area contributed by atoms with Crippen LogP contribution in [-0.4, -0.2) is 10.1 Å². The molecule has 2 N–H and O–H groups in total. The van der Waals surface area contributed by atoms with Gasteiger partial charge in [-0.1, -0.05) is 32.0 Å². The largest absolute Gasteiger partial charge is 0.338 e. The minimum absolute atomic E-state index is 0.102. The molecule has 0 amide bonds. The molecule has 78 valence electrons. The molecular weight excluding hydrogens is 178 g/mol. The second-order valence-corrected chi connectivity index (χ2v) is 4.34. The van der Waals surface area contributed by atoms with Crippen LogP contribution < -0.4 is 5.73 Å². The van der Waals surface area contributed by atoms with E-state index >= 15 is 0 Å². The zero-order chi connectivity index (χ0) is 10.8. The predicted octanol–water partition coefficient (Wildman–Crippen LogP) is 1.94. The van der Waals surface area contributed by atoms with Crippen LogP contribution in [0.15, 0.2) is 17.2 Å². The monoisotopic (exact) mass is 195 g/mol. The van der Waals surface area contributed by atoms with Crippen molar-refractivity contribution in [3.8, 4) is 0 Å². The Kier molecular flexibility index (Phi) is 3.06. The summed E-state index contributed by atoms with van der Waals surface area (Å²) in [6.45, 7) is 9.70. The molecule has 0 radical (unpaired) electrons. The molecule has 4 heteroatoms. The second-order valence-electron chi connectivity index (χ2n) is 4.34. The lowest BCUT2D eigenvalue weighted by molar-refractivity contribution is 0.344. The third-order valence-electron chi connectivity index (χ3n) is 1.85. The fourth-order valence-corrected chi connectivity index (χ4v) is 0.971. The number of rotatable bonds is 3. The van der Waals surface area contributed by atoms with Crippen molar-refractivity contribution < 1.29 is 4.52 Å². The summed E-state index contributed by atoms with van der Waals surface area (Å²) >= 11 is 0. The van der Waals surface area contributed by atoms with Crippen molar-refractivity contribution >= 4 is 0 Å². The van der Waals surface area contributed by atoms with E-state index in [1.165, 1.54) is 0 Å². The maximum absolute atomic E-state index is 5.79. The molecule has 0 spiro atoms. The summed E-state index contributed by atoms with van der Waals surface area (Å²) in [6.07, 6.45) is 2.39. The highest BCUT2D eigenvalue weighted by molar-refractivity contribution is 5.02. The Bertz CT molecular complexity index is 311. The third-order valence-corrected chi connectivity index (χ3v) is 1.85. The number of hydrogen-bond donors (Lipinski definition) is 1. The van der Waals surface area contributed by atoms with Crippen LogP contribution in [0.3, 0.4) is 0 Å². The fraction of sp³-hybridized carbons (Fsp3) is 0.600. The average molecular weight is 195 g/mol. The highest BCUT2D eigenvalue weighted by Gasteiger charge is 2.22. The lowest BCUT2D eigenvalue weighted by Gasteiger charge is -2.11. The second kappa shape index (κ2) is 3.92. The van der Waals surface area contributed by atoms with E-state index in [1.54, 1.807) is 6.08 Å². The lowest BCUT2D eigenvalue weighted by Crippen LogP contribution is -2.14. The molecular formula is C10H17N3O. The third kappa shape index (κ3) is 2.42. The first-order valence-electron chi connectivity index (χ1n) is 4.65. The van der Waals surface area contributed by atoms with E-state index < -0.39 is 0 Å². The summed E-state index contributed by atoms with van der Waals surface area (Å²) in [6, 6.07) is -0.240. The van der Waals surface area contributed by atoms with Crippen LogP contribution >= 0.6 is 0 Å². The predicted molar refractivity (Wildman–Crippen MR) is 54.7 cm³/mol. The summed E-state index contributed by atoms with van der Waals surface area (Å²) in [5.74, 6) is 1.17. The molecule has 0 aliphatic rings. The number of aromatic nitrogens is 2. The van der Waals surface area contributed by atoms with Gasteiger partial charge in [0, 0.05) is 5.41 Å². The Morgan fingerprint density at radius 2 is 2.21 bits per heavy atom. The van der Waals surface area contributed by atoms with Gasteiger partial charge in [-0.3, -0.25) is 0 Å². The van der Waals surface area contributed by atoms with Gasteiger partial charge in [-0.25, -0.2) is 0 Å². The van der Waals surface area contributed by atoms with Gasteiger partial charge in [0.05, 0.1) is 6.04 Å². The molecule has 1 aromatic heterocycles. The Morgan fingerprint density at radius 3 is 2.64 bits per heavy atom. The van der Waals surface area contributed by atoms with Crippen LogP contribution in [0.1, 0.15) is 44.9 Å². The van der Waals surface area contributed by atoms with Gasteiger partial charge >= 0.3 is 0 Å². The average Bonchev–Trinajstić information content (AvgIpc) is 2.51. The number of hydrogen-bond acceptors (Lipinski definition) is 4. The van der Waals surface area contributed by atoms with Crippen molar-refractivity contribution in [3.05, 3.63) is 24.4 Å². The van der Waals surface area contributed by atoms with Gasteiger partial charge in [0.15, 0.2) is 5.82 Å². The standard InChI is InChI=1S/C10H17N3O/c1-5-6-7(11)8-12-9(13-14-8)10(2,3)4/h5,7H,1,6,11H2,2-4H3. The zero-order valence-electron chi connectivity index (χ0n) is 8.95. The quantitative estimate of drug-likeness (QED) is 0.748. The molecule has 0 aliphatic carbocycles. The minimum Gasteiger partial charge on any atom is -0.338 e. The molecule has 1 aromatic rings.